The zero-order valence-electron chi connectivity index (χ0n) is 19.1. The van der Waals surface area contributed by atoms with E-state index >= 15 is 0 Å². The van der Waals surface area contributed by atoms with Crippen LogP contribution >= 0.6 is 0 Å². The Morgan fingerprint density at radius 2 is 1.85 bits per heavy atom. The smallest absolute Gasteiger partial charge is 0.440 e. The van der Waals surface area contributed by atoms with Gasteiger partial charge in [-0.3, -0.25) is 19.2 Å². The van der Waals surface area contributed by atoms with Crippen LogP contribution in [-0.2, 0) is 9.53 Å². The molecule has 0 saturated carbocycles. The van der Waals surface area contributed by atoms with Gasteiger partial charge in [-0.25, -0.2) is 9.59 Å². The summed E-state index contributed by atoms with van der Waals surface area (Å²) < 4.78 is 10.3. The number of hydrogen-bond acceptors (Lipinski definition) is 9. The maximum absolute atomic E-state index is 12.3. The molecule has 12 nitrogen and oxygen atoms in total. The number of nitrogens with zero attached hydrogens (tertiary/aromatic N) is 5. The molecule has 3 fully saturated rings. The van der Waals surface area contributed by atoms with Crippen LogP contribution in [0, 0.1) is 5.92 Å². The quantitative estimate of drug-likeness (QED) is 0.533. The summed E-state index contributed by atoms with van der Waals surface area (Å²) in [4.78, 5) is 45.0. The molecule has 4 rings (SSSR count). The molecule has 1 aromatic heterocycles. The molecular formula is C21H34N6O6. The van der Waals surface area contributed by atoms with E-state index in [9.17, 15) is 14.4 Å². The number of aromatic nitrogens is 2. The number of nitrogens with one attached hydrogen (secondary N) is 1. The lowest BCUT2D eigenvalue weighted by Gasteiger charge is -2.38. The zero-order chi connectivity index (χ0) is 23.4. The number of likely N-dealkylation sites (N-methyl/N-ethyl adjacent to an activating group) is 1. The van der Waals surface area contributed by atoms with E-state index in [0.717, 1.165) is 71.4 Å². The van der Waals surface area contributed by atoms with Gasteiger partial charge in [-0.2, -0.15) is 0 Å². The van der Waals surface area contributed by atoms with Crippen LogP contribution in [0.4, 0.5) is 10.7 Å². The first-order valence-corrected chi connectivity index (χ1v) is 11.8. The summed E-state index contributed by atoms with van der Waals surface area (Å²) in [6.45, 7) is 5.34. The van der Waals surface area contributed by atoms with Crippen LogP contribution < -0.4 is 10.7 Å². The van der Waals surface area contributed by atoms with Gasteiger partial charge in [0.1, 0.15) is 0 Å². The number of hydrogen-bond donors (Lipinski definition) is 2. The summed E-state index contributed by atoms with van der Waals surface area (Å²) in [5, 5.41) is 12.7. The second-order valence-corrected chi connectivity index (χ2v) is 9.25. The van der Waals surface area contributed by atoms with Crippen LogP contribution in [0.25, 0.3) is 0 Å². The molecule has 184 valence electrons. The van der Waals surface area contributed by atoms with Crippen molar-refractivity contribution in [1.82, 2.24) is 24.8 Å². The number of carbonyl (C=O) groups excluding carboxylic acids is 1. The standard InChI is InChI=1S/C21H34N6O6/c1-24-16(4-2-3-15-5-9-27(10-6-15)19-22-20(30)33-23-19)18(32-21(24)31)26-13-11-25(12-14-26)8-7-17(28)29/h15-16,18H,2-14H2,1H3,(H,28,29)(H,22,23,30). The fraction of sp³-hybridized carbons (Fsp3) is 0.810. The third-order valence-electron chi connectivity index (χ3n) is 7.20. The van der Waals surface area contributed by atoms with E-state index in [-0.39, 0.29) is 24.8 Å². The van der Waals surface area contributed by atoms with Gasteiger partial charge in [0.15, 0.2) is 6.23 Å². The molecule has 1 amide bonds. The average molecular weight is 467 g/mol. The third kappa shape index (κ3) is 5.85. The second kappa shape index (κ2) is 10.6. The Kier molecular flexibility index (Phi) is 7.53. The minimum Gasteiger partial charge on any atom is -0.481 e. The molecule has 3 saturated heterocycles. The number of amides is 1. The normalized spacial score (nSPS) is 25.5. The molecule has 4 heterocycles. The fourth-order valence-electron chi connectivity index (χ4n) is 5.15. The summed E-state index contributed by atoms with van der Waals surface area (Å²) in [6, 6.07) is 0.0309. The molecule has 0 aromatic carbocycles. The number of aliphatic carboxylic acids is 1. The van der Waals surface area contributed by atoms with E-state index in [1.807, 2.05) is 11.9 Å². The first-order valence-electron chi connectivity index (χ1n) is 11.8. The Morgan fingerprint density at radius 3 is 2.48 bits per heavy atom. The van der Waals surface area contributed by atoms with Crippen molar-refractivity contribution in [1.29, 1.82) is 0 Å². The van der Waals surface area contributed by atoms with Crippen molar-refractivity contribution in [3.8, 4) is 0 Å². The largest absolute Gasteiger partial charge is 0.481 e. The number of carboxylic acids is 1. The van der Waals surface area contributed by atoms with Crippen molar-refractivity contribution in [2.24, 2.45) is 5.92 Å². The lowest BCUT2D eigenvalue weighted by Crippen LogP contribution is -2.54. The molecule has 0 aliphatic carbocycles. The van der Waals surface area contributed by atoms with Gasteiger partial charge in [0.25, 0.3) is 0 Å². The first kappa shape index (κ1) is 23.6. The van der Waals surface area contributed by atoms with Crippen LogP contribution in [0.5, 0.6) is 0 Å². The second-order valence-electron chi connectivity index (χ2n) is 9.25. The molecule has 2 unspecified atom stereocenters. The third-order valence-corrected chi connectivity index (χ3v) is 7.20. The SMILES string of the molecule is CN1C(=O)OC(N2CCN(CCC(=O)O)CC2)C1CCCC1CCN(c2noc(=O)[nH]2)CC1. The van der Waals surface area contributed by atoms with E-state index in [2.05, 4.69) is 24.5 Å². The number of carboxylic acid groups (broad SMARTS) is 1. The Morgan fingerprint density at radius 1 is 1.12 bits per heavy atom. The highest BCUT2D eigenvalue weighted by Crippen LogP contribution is 2.29. The molecule has 3 aliphatic rings. The predicted molar refractivity (Wildman–Crippen MR) is 118 cm³/mol. The van der Waals surface area contributed by atoms with Crippen molar-refractivity contribution in [3.05, 3.63) is 10.6 Å². The summed E-state index contributed by atoms with van der Waals surface area (Å²) in [5.74, 6) is -0.185. The molecule has 0 radical (unpaired) electrons. The molecule has 0 spiro atoms. The number of carbonyl (C=O) groups is 2. The van der Waals surface area contributed by atoms with Gasteiger partial charge in [-0.1, -0.05) is 12.8 Å². The van der Waals surface area contributed by atoms with E-state index in [1.54, 1.807) is 4.90 Å². The monoisotopic (exact) mass is 466 g/mol. The highest BCUT2D eigenvalue weighted by Gasteiger charge is 2.43. The van der Waals surface area contributed by atoms with Crippen LogP contribution in [0.15, 0.2) is 9.32 Å². The minimum absolute atomic E-state index is 0.0309. The number of piperidine rings is 1. The number of ether oxygens (including phenoxy) is 1. The maximum Gasteiger partial charge on any atom is 0.440 e. The van der Waals surface area contributed by atoms with E-state index < -0.39 is 11.7 Å². The highest BCUT2D eigenvalue weighted by atomic mass is 16.6. The number of anilines is 1. The number of piperazine rings is 1. The molecule has 12 heteroatoms. The van der Waals surface area contributed by atoms with Crippen molar-refractivity contribution in [2.75, 3.05) is 57.8 Å². The molecule has 0 bridgehead atoms. The number of cyclic esters (lactones) is 1. The number of rotatable bonds is 9. The number of H-pyrrole nitrogens is 1. The zero-order valence-corrected chi connectivity index (χ0v) is 19.1. The fourth-order valence-corrected chi connectivity index (χ4v) is 5.15. The van der Waals surface area contributed by atoms with Crippen LogP contribution in [-0.4, -0.2) is 107 Å². The van der Waals surface area contributed by atoms with Crippen molar-refractivity contribution < 1.29 is 24.0 Å². The Hall–Kier alpha value is -2.60. The van der Waals surface area contributed by atoms with Gasteiger partial charge in [0.2, 0.25) is 5.95 Å². The first-order chi connectivity index (χ1) is 15.9. The highest BCUT2D eigenvalue weighted by molar-refractivity contribution is 5.70. The van der Waals surface area contributed by atoms with Crippen LogP contribution in [0.3, 0.4) is 0 Å². The Labute approximate surface area is 192 Å². The average Bonchev–Trinajstić information content (AvgIpc) is 3.37. The van der Waals surface area contributed by atoms with Gasteiger partial charge < -0.3 is 24.5 Å². The lowest BCUT2D eigenvalue weighted by molar-refractivity contribution is -0.137. The summed E-state index contributed by atoms with van der Waals surface area (Å²) in [7, 11) is 1.81. The molecule has 2 N–H and O–H groups in total. The Balaban J connectivity index is 1.21. The van der Waals surface area contributed by atoms with Crippen LogP contribution in [0.2, 0.25) is 0 Å². The maximum atomic E-state index is 12.3. The van der Waals surface area contributed by atoms with Gasteiger partial charge >= 0.3 is 17.8 Å². The van der Waals surface area contributed by atoms with Crippen LogP contribution in [0.1, 0.15) is 38.5 Å². The Bertz CT molecular complexity index is 857. The molecule has 2 atom stereocenters. The van der Waals surface area contributed by atoms with E-state index in [0.29, 0.717) is 18.4 Å². The summed E-state index contributed by atoms with van der Waals surface area (Å²) in [5.41, 5.74) is 0. The molecule has 1 aromatic rings. The van der Waals surface area contributed by atoms with Crippen molar-refractivity contribution >= 4 is 18.0 Å². The van der Waals surface area contributed by atoms with Gasteiger partial charge in [-0.15, -0.1) is 0 Å². The van der Waals surface area contributed by atoms with Crippen molar-refractivity contribution in [3.63, 3.8) is 0 Å². The number of aromatic amines is 1. The predicted octanol–water partition coefficient (Wildman–Crippen LogP) is 0.619. The summed E-state index contributed by atoms with van der Waals surface area (Å²) in [6.07, 6.45) is 4.72. The van der Waals surface area contributed by atoms with E-state index in [1.165, 1.54) is 0 Å². The molecule has 33 heavy (non-hydrogen) atoms. The van der Waals surface area contributed by atoms with E-state index in [4.69, 9.17) is 9.84 Å². The van der Waals surface area contributed by atoms with Gasteiger partial charge in [0.05, 0.1) is 12.5 Å². The molecular weight excluding hydrogens is 432 g/mol. The minimum atomic E-state index is -0.775. The lowest BCUT2D eigenvalue weighted by atomic mass is 9.90. The topological polar surface area (TPSA) is 135 Å². The summed E-state index contributed by atoms with van der Waals surface area (Å²) >= 11 is 0. The van der Waals surface area contributed by atoms with Gasteiger partial charge in [-0.05, 0) is 30.3 Å². The molecule has 3 aliphatic heterocycles. The van der Waals surface area contributed by atoms with Gasteiger partial charge in [0, 0.05) is 52.9 Å². The van der Waals surface area contributed by atoms with Crippen molar-refractivity contribution in [2.45, 2.75) is 50.8 Å².